The minimum Gasteiger partial charge on any atom is -0.507 e. The molecule has 0 atom stereocenters. The number of phenols is 1. The Hall–Kier alpha value is -2.50. The van der Waals surface area contributed by atoms with Crippen molar-refractivity contribution in [3.05, 3.63) is 46.8 Å². The van der Waals surface area contributed by atoms with Crippen LogP contribution in [-0.2, 0) is 23.9 Å². The van der Waals surface area contributed by atoms with Gasteiger partial charge >= 0.3 is 0 Å². The first-order valence-corrected chi connectivity index (χ1v) is 11.7. The third-order valence-corrected chi connectivity index (χ3v) is 6.40. The van der Waals surface area contributed by atoms with E-state index in [4.69, 9.17) is 5.41 Å². The molecular formula is C26H42N4O2. The molecule has 2 aromatic rings. The van der Waals surface area contributed by atoms with E-state index in [0.29, 0.717) is 23.0 Å². The number of oxime groups is 1. The third kappa shape index (κ3) is 5.84. The van der Waals surface area contributed by atoms with Crippen LogP contribution in [0, 0.1) is 11.3 Å². The molecule has 0 saturated heterocycles. The number of benzene rings is 1. The monoisotopic (exact) mass is 442 g/mol. The predicted molar refractivity (Wildman–Crippen MR) is 131 cm³/mol. The first-order valence-electron chi connectivity index (χ1n) is 11.7. The van der Waals surface area contributed by atoms with Crippen LogP contribution in [0.25, 0.3) is 0 Å². The molecule has 0 fully saturated rings. The maximum Gasteiger partial charge on any atom is 0.202 e. The lowest BCUT2D eigenvalue weighted by Crippen LogP contribution is -2.28. The van der Waals surface area contributed by atoms with Crippen LogP contribution in [0.1, 0.15) is 91.3 Å². The molecule has 0 saturated carbocycles. The standard InChI is InChI=1S/C26H42N4O2/c1-9-18(10-2)11-12-29-13-14-30(24(29)27)17-22(28-32)19-15-20(25(3,4)5)23(31)21(16-19)26(6,7)8/h13-16,18,27,31-32H,9-12,17H2,1-8H3. The van der Waals surface area contributed by atoms with Crippen molar-refractivity contribution in [3.63, 3.8) is 0 Å². The molecule has 0 bridgehead atoms. The number of nitrogens with one attached hydrogen (secondary N) is 1. The van der Waals surface area contributed by atoms with Gasteiger partial charge in [-0.15, -0.1) is 0 Å². The van der Waals surface area contributed by atoms with Crippen LogP contribution in [-0.4, -0.2) is 25.2 Å². The van der Waals surface area contributed by atoms with Gasteiger partial charge < -0.3 is 19.4 Å². The van der Waals surface area contributed by atoms with Crippen molar-refractivity contribution in [3.8, 4) is 5.75 Å². The number of rotatable bonds is 8. The molecular weight excluding hydrogens is 400 g/mol. The topological polar surface area (TPSA) is 86.5 Å². The van der Waals surface area contributed by atoms with Gasteiger partial charge in [0.2, 0.25) is 5.62 Å². The number of aryl methyl sites for hydroxylation is 1. The number of phenolic OH excluding ortho intramolecular Hbond substituents is 1. The van der Waals surface area contributed by atoms with Crippen LogP contribution in [0.5, 0.6) is 5.75 Å². The number of aromatic hydroxyl groups is 1. The Labute approximate surface area is 193 Å². The molecule has 6 heteroatoms. The highest BCUT2D eigenvalue weighted by Gasteiger charge is 2.27. The summed E-state index contributed by atoms with van der Waals surface area (Å²) in [4.78, 5) is 0. The van der Waals surface area contributed by atoms with E-state index < -0.39 is 0 Å². The van der Waals surface area contributed by atoms with Crippen LogP contribution < -0.4 is 5.62 Å². The second kappa shape index (κ2) is 9.97. The second-order valence-corrected chi connectivity index (χ2v) is 10.9. The molecule has 2 rings (SSSR count). The highest BCUT2D eigenvalue weighted by molar-refractivity contribution is 6.00. The smallest absolute Gasteiger partial charge is 0.202 e. The molecule has 0 aliphatic heterocycles. The molecule has 6 nitrogen and oxygen atoms in total. The largest absolute Gasteiger partial charge is 0.507 e. The summed E-state index contributed by atoms with van der Waals surface area (Å²) in [5.41, 5.74) is 2.72. The zero-order valence-electron chi connectivity index (χ0n) is 21.2. The van der Waals surface area contributed by atoms with Gasteiger partial charge in [-0.2, -0.15) is 0 Å². The molecule has 0 amide bonds. The molecule has 0 spiro atoms. The summed E-state index contributed by atoms with van der Waals surface area (Å²) in [6.45, 7) is 17.9. The Kier molecular flexibility index (Phi) is 8.02. The van der Waals surface area contributed by atoms with Crippen LogP contribution in [0.3, 0.4) is 0 Å². The van der Waals surface area contributed by atoms with Gasteiger partial charge in [0.15, 0.2) is 0 Å². The van der Waals surface area contributed by atoms with E-state index in [2.05, 4.69) is 60.5 Å². The summed E-state index contributed by atoms with van der Waals surface area (Å²) < 4.78 is 3.74. The quantitative estimate of drug-likeness (QED) is 0.275. The Bertz CT molecular complexity index is 961. The predicted octanol–water partition coefficient (Wildman–Crippen LogP) is 5.77. The maximum absolute atomic E-state index is 11.0. The van der Waals surface area contributed by atoms with Crippen molar-refractivity contribution in [2.45, 2.75) is 98.6 Å². The lowest BCUT2D eigenvalue weighted by atomic mass is 9.78. The van der Waals surface area contributed by atoms with Gasteiger partial charge in [0.1, 0.15) is 11.5 Å². The van der Waals surface area contributed by atoms with Crippen LogP contribution in [0.2, 0.25) is 0 Å². The molecule has 1 aromatic carbocycles. The van der Waals surface area contributed by atoms with E-state index in [1.165, 1.54) is 0 Å². The molecule has 0 unspecified atom stereocenters. The number of hydrogen-bond acceptors (Lipinski definition) is 4. The van der Waals surface area contributed by atoms with Crippen LogP contribution in [0.4, 0.5) is 0 Å². The zero-order chi connectivity index (χ0) is 24.3. The Morgan fingerprint density at radius 1 is 0.969 bits per heavy atom. The molecule has 1 heterocycles. The number of nitrogens with zero attached hydrogens (tertiary/aromatic N) is 3. The molecule has 32 heavy (non-hydrogen) atoms. The summed E-state index contributed by atoms with van der Waals surface area (Å²) in [5, 5.41) is 33.0. The Morgan fingerprint density at radius 3 is 1.91 bits per heavy atom. The summed E-state index contributed by atoms with van der Waals surface area (Å²) in [7, 11) is 0. The number of hydrogen-bond donors (Lipinski definition) is 3. The van der Waals surface area contributed by atoms with E-state index in [9.17, 15) is 10.3 Å². The summed E-state index contributed by atoms with van der Waals surface area (Å²) in [5.74, 6) is 0.968. The third-order valence-electron chi connectivity index (χ3n) is 6.40. The van der Waals surface area contributed by atoms with Crippen LogP contribution in [0.15, 0.2) is 29.7 Å². The van der Waals surface area contributed by atoms with E-state index in [-0.39, 0.29) is 17.4 Å². The van der Waals surface area contributed by atoms with Gasteiger partial charge in [0.25, 0.3) is 0 Å². The zero-order valence-corrected chi connectivity index (χ0v) is 21.2. The maximum atomic E-state index is 11.0. The van der Waals surface area contributed by atoms with E-state index in [0.717, 1.165) is 42.5 Å². The van der Waals surface area contributed by atoms with Gasteiger partial charge in [0.05, 0.1) is 6.54 Å². The van der Waals surface area contributed by atoms with Gasteiger partial charge in [-0.25, -0.2) is 0 Å². The highest BCUT2D eigenvalue weighted by atomic mass is 16.4. The van der Waals surface area contributed by atoms with Crippen molar-refractivity contribution in [1.82, 2.24) is 9.13 Å². The SMILES string of the molecule is CCC(CC)CCn1ccn(CC(=NO)c2cc(C(C)(C)C)c(O)c(C(C)(C)C)c2)c1=N. The van der Waals surface area contributed by atoms with Crippen molar-refractivity contribution >= 4 is 5.71 Å². The van der Waals surface area contributed by atoms with Crippen molar-refractivity contribution in [2.24, 2.45) is 11.1 Å². The van der Waals surface area contributed by atoms with Gasteiger partial charge in [0, 0.05) is 35.6 Å². The average molecular weight is 443 g/mol. The fraction of sp³-hybridized carbons (Fsp3) is 0.615. The van der Waals surface area contributed by atoms with Crippen molar-refractivity contribution in [2.75, 3.05) is 0 Å². The first-order chi connectivity index (χ1) is 14.8. The van der Waals surface area contributed by atoms with Gasteiger partial charge in [-0.1, -0.05) is 73.4 Å². The summed E-state index contributed by atoms with van der Waals surface area (Å²) in [6, 6.07) is 3.82. The molecule has 1 aromatic heterocycles. The van der Waals surface area contributed by atoms with E-state index in [1.54, 1.807) is 4.57 Å². The summed E-state index contributed by atoms with van der Waals surface area (Å²) >= 11 is 0. The first kappa shape index (κ1) is 25.8. The molecule has 178 valence electrons. The van der Waals surface area contributed by atoms with Crippen molar-refractivity contribution in [1.29, 1.82) is 5.41 Å². The normalized spacial score (nSPS) is 13.2. The van der Waals surface area contributed by atoms with Crippen LogP contribution >= 0.6 is 0 Å². The Morgan fingerprint density at radius 2 is 1.47 bits per heavy atom. The minimum absolute atomic E-state index is 0.271. The minimum atomic E-state index is -0.271. The number of imidazole rings is 1. The molecule has 0 aliphatic rings. The van der Waals surface area contributed by atoms with Gasteiger partial charge in [-0.3, -0.25) is 5.41 Å². The number of aromatic nitrogens is 2. The lowest BCUT2D eigenvalue weighted by Gasteiger charge is -2.28. The molecule has 3 N–H and O–H groups in total. The fourth-order valence-corrected chi connectivity index (χ4v) is 4.08. The Balaban J connectivity index is 2.41. The molecule has 0 radical (unpaired) electrons. The second-order valence-electron chi connectivity index (χ2n) is 10.9. The molecule has 0 aliphatic carbocycles. The van der Waals surface area contributed by atoms with E-state index in [1.807, 2.05) is 29.1 Å². The summed E-state index contributed by atoms with van der Waals surface area (Å²) in [6.07, 6.45) is 7.16. The fourth-order valence-electron chi connectivity index (χ4n) is 4.08. The van der Waals surface area contributed by atoms with Gasteiger partial charge in [-0.05, 0) is 35.3 Å². The van der Waals surface area contributed by atoms with E-state index >= 15 is 0 Å². The lowest BCUT2D eigenvalue weighted by molar-refractivity contribution is 0.317. The van der Waals surface area contributed by atoms with Crippen molar-refractivity contribution < 1.29 is 10.3 Å². The highest BCUT2D eigenvalue weighted by Crippen LogP contribution is 2.40. The average Bonchev–Trinajstić information content (AvgIpc) is 3.05.